The molecule has 1 heterocycles. The standard InChI is InChI=1S/C17H18BN3O4/c1-17(2,23)7-6-11-4-3-5-13(8-11)21-16(22)14-9-12(18(24)25)10-20-15(14)19/h3-5,8-10,23-25H,1-2H3,(H2,19,20)(H,21,22). The summed E-state index contributed by atoms with van der Waals surface area (Å²) < 4.78 is 0. The van der Waals surface area contributed by atoms with Crippen LogP contribution in [0.25, 0.3) is 0 Å². The van der Waals surface area contributed by atoms with Gasteiger partial charge in [-0.1, -0.05) is 17.9 Å². The van der Waals surface area contributed by atoms with Crippen molar-refractivity contribution in [3.05, 3.63) is 47.7 Å². The maximum absolute atomic E-state index is 12.4. The van der Waals surface area contributed by atoms with Gasteiger partial charge in [0.15, 0.2) is 0 Å². The second kappa shape index (κ2) is 7.36. The van der Waals surface area contributed by atoms with Gasteiger partial charge in [-0.2, -0.15) is 0 Å². The number of hydrogen-bond donors (Lipinski definition) is 5. The number of aromatic nitrogens is 1. The molecule has 2 rings (SSSR count). The number of amides is 1. The average Bonchev–Trinajstić information content (AvgIpc) is 2.52. The van der Waals surface area contributed by atoms with Crippen LogP contribution >= 0.6 is 0 Å². The van der Waals surface area contributed by atoms with Gasteiger partial charge in [0.25, 0.3) is 5.91 Å². The lowest BCUT2D eigenvalue weighted by Crippen LogP contribution is -2.32. The van der Waals surface area contributed by atoms with Crippen molar-refractivity contribution >= 4 is 30.0 Å². The smallest absolute Gasteiger partial charge is 0.423 e. The van der Waals surface area contributed by atoms with Crippen molar-refractivity contribution in [3.63, 3.8) is 0 Å². The van der Waals surface area contributed by atoms with E-state index < -0.39 is 18.6 Å². The molecule has 8 heteroatoms. The number of benzene rings is 1. The highest BCUT2D eigenvalue weighted by atomic mass is 16.4. The summed E-state index contributed by atoms with van der Waals surface area (Å²) in [6.07, 6.45) is 1.18. The zero-order chi connectivity index (χ0) is 18.6. The molecule has 0 radical (unpaired) electrons. The van der Waals surface area contributed by atoms with Crippen molar-refractivity contribution in [1.82, 2.24) is 4.98 Å². The van der Waals surface area contributed by atoms with Crippen molar-refractivity contribution in [2.24, 2.45) is 0 Å². The Morgan fingerprint density at radius 3 is 2.68 bits per heavy atom. The first-order valence-electron chi connectivity index (χ1n) is 7.44. The highest BCUT2D eigenvalue weighted by Gasteiger charge is 2.17. The number of carbonyl (C=O) groups excluding carboxylic acids is 1. The van der Waals surface area contributed by atoms with E-state index >= 15 is 0 Å². The van der Waals surface area contributed by atoms with Gasteiger partial charge in [-0.3, -0.25) is 4.79 Å². The highest BCUT2D eigenvalue weighted by Crippen LogP contribution is 2.14. The summed E-state index contributed by atoms with van der Waals surface area (Å²) in [5.41, 5.74) is 5.74. The second-order valence-electron chi connectivity index (χ2n) is 5.92. The van der Waals surface area contributed by atoms with Crippen LogP contribution in [0.1, 0.15) is 29.8 Å². The quantitative estimate of drug-likeness (QED) is 0.386. The van der Waals surface area contributed by atoms with Gasteiger partial charge < -0.3 is 26.2 Å². The van der Waals surface area contributed by atoms with Crippen molar-refractivity contribution in [1.29, 1.82) is 0 Å². The maximum atomic E-state index is 12.4. The Hall–Kier alpha value is -2.86. The van der Waals surface area contributed by atoms with Crippen molar-refractivity contribution in [2.75, 3.05) is 11.1 Å². The maximum Gasteiger partial charge on any atom is 0.490 e. The first-order chi connectivity index (χ1) is 11.7. The van der Waals surface area contributed by atoms with E-state index in [2.05, 4.69) is 22.1 Å². The Bertz CT molecular complexity index is 851. The predicted octanol–water partition coefficient (Wildman–Crippen LogP) is -0.282. The van der Waals surface area contributed by atoms with Crippen LogP contribution in [-0.2, 0) is 0 Å². The van der Waals surface area contributed by atoms with Crippen LogP contribution in [0.3, 0.4) is 0 Å². The molecule has 0 saturated heterocycles. The van der Waals surface area contributed by atoms with Crippen LogP contribution in [0, 0.1) is 11.8 Å². The first-order valence-corrected chi connectivity index (χ1v) is 7.44. The van der Waals surface area contributed by atoms with Crippen LogP contribution < -0.4 is 16.5 Å². The normalized spacial score (nSPS) is 10.6. The topological polar surface area (TPSA) is 129 Å². The summed E-state index contributed by atoms with van der Waals surface area (Å²) >= 11 is 0. The molecule has 0 unspecified atom stereocenters. The third-order valence-corrected chi connectivity index (χ3v) is 3.12. The molecule has 128 valence electrons. The lowest BCUT2D eigenvalue weighted by atomic mass is 9.81. The van der Waals surface area contributed by atoms with Crippen LogP contribution in [0.2, 0.25) is 0 Å². The lowest BCUT2D eigenvalue weighted by molar-refractivity contribution is 0.102. The number of nitrogens with zero attached hydrogens (tertiary/aromatic N) is 1. The van der Waals surface area contributed by atoms with Crippen LogP contribution in [-0.4, -0.2) is 38.8 Å². The average molecular weight is 339 g/mol. The Balaban J connectivity index is 2.24. The second-order valence-corrected chi connectivity index (χ2v) is 5.92. The Kier molecular flexibility index (Phi) is 5.44. The summed E-state index contributed by atoms with van der Waals surface area (Å²) in [4.78, 5) is 16.2. The number of nitrogens with one attached hydrogen (secondary N) is 1. The molecule has 2 aromatic rings. The van der Waals surface area contributed by atoms with Crippen molar-refractivity contribution < 1.29 is 19.9 Å². The van der Waals surface area contributed by atoms with Crippen LogP contribution in [0.4, 0.5) is 11.5 Å². The molecule has 0 saturated carbocycles. The third kappa shape index (κ3) is 5.33. The zero-order valence-electron chi connectivity index (χ0n) is 13.8. The number of pyridine rings is 1. The molecular formula is C17H18BN3O4. The van der Waals surface area contributed by atoms with Gasteiger partial charge in [-0.25, -0.2) is 4.98 Å². The number of nitrogens with two attached hydrogens (primary N) is 1. The molecule has 1 aromatic heterocycles. The fourth-order valence-corrected chi connectivity index (χ4v) is 1.91. The molecule has 25 heavy (non-hydrogen) atoms. The van der Waals surface area contributed by atoms with E-state index in [9.17, 15) is 19.9 Å². The summed E-state index contributed by atoms with van der Waals surface area (Å²) in [6, 6.07) is 8.03. The monoisotopic (exact) mass is 339 g/mol. The Morgan fingerprint density at radius 2 is 2.04 bits per heavy atom. The summed E-state index contributed by atoms with van der Waals surface area (Å²) in [6.45, 7) is 3.15. The van der Waals surface area contributed by atoms with E-state index in [1.54, 1.807) is 38.1 Å². The SMILES string of the molecule is CC(C)(O)C#Cc1cccc(NC(=O)c2cc(B(O)O)cnc2N)c1. The zero-order valence-corrected chi connectivity index (χ0v) is 13.8. The number of hydrogen-bond acceptors (Lipinski definition) is 6. The van der Waals surface area contributed by atoms with Crippen molar-refractivity contribution in [2.45, 2.75) is 19.4 Å². The summed E-state index contributed by atoms with van der Waals surface area (Å²) in [5.74, 6) is 4.94. The first kappa shape index (κ1) is 18.5. The molecule has 0 aliphatic heterocycles. The molecule has 0 aliphatic rings. The molecule has 0 spiro atoms. The molecule has 1 aromatic carbocycles. The van der Waals surface area contributed by atoms with Crippen molar-refractivity contribution in [3.8, 4) is 11.8 Å². The number of aliphatic hydroxyl groups is 1. The largest absolute Gasteiger partial charge is 0.490 e. The summed E-state index contributed by atoms with van der Waals surface area (Å²) in [7, 11) is -1.75. The van der Waals surface area contributed by atoms with Gasteiger partial charge in [0, 0.05) is 22.9 Å². The minimum Gasteiger partial charge on any atom is -0.423 e. The van der Waals surface area contributed by atoms with Gasteiger partial charge in [-0.05, 0) is 38.1 Å². The molecule has 0 fully saturated rings. The highest BCUT2D eigenvalue weighted by molar-refractivity contribution is 6.58. The van der Waals surface area contributed by atoms with Gasteiger partial charge in [0.05, 0.1) is 5.56 Å². The van der Waals surface area contributed by atoms with E-state index in [1.165, 1.54) is 12.3 Å². The Morgan fingerprint density at radius 1 is 1.32 bits per heavy atom. The lowest BCUT2D eigenvalue weighted by Gasteiger charge is -2.09. The third-order valence-electron chi connectivity index (χ3n) is 3.12. The molecule has 0 aliphatic carbocycles. The minimum atomic E-state index is -1.75. The van der Waals surface area contributed by atoms with Crippen LogP contribution in [0.15, 0.2) is 36.5 Å². The predicted molar refractivity (Wildman–Crippen MR) is 96.0 cm³/mol. The Labute approximate surface area is 145 Å². The van der Waals surface area contributed by atoms with Gasteiger partial charge >= 0.3 is 7.12 Å². The molecule has 7 nitrogen and oxygen atoms in total. The van der Waals surface area contributed by atoms with E-state index in [-0.39, 0.29) is 16.8 Å². The molecule has 6 N–H and O–H groups in total. The van der Waals surface area contributed by atoms with Crippen LogP contribution in [0.5, 0.6) is 0 Å². The number of rotatable bonds is 3. The van der Waals surface area contributed by atoms with E-state index in [4.69, 9.17) is 5.73 Å². The van der Waals surface area contributed by atoms with Gasteiger partial charge in [0.2, 0.25) is 0 Å². The fourth-order valence-electron chi connectivity index (χ4n) is 1.91. The molecule has 1 amide bonds. The van der Waals surface area contributed by atoms with Gasteiger partial charge in [0.1, 0.15) is 11.4 Å². The van der Waals surface area contributed by atoms with E-state index in [1.807, 2.05) is 0 Å². The summed E-state index contributed by atoms with van der Waals surface area (Å²) in [5, 5.41) is 30.6. The van der Waals surface area contributed by atoms with E-state index in [0.717, 1.165) is 0 Å². The van der Waals surface area contributed by atoms with Gasteiger partial charge in [-0.15, -0.1) is 0 Å². The number of nitrogen functional groups attached to an aromatic ring is 1. The van der Waals surface area contributed by atoms with E-state index in [0.29, 0.717) is 11.3 Å². The number of anilines is 2. The molecule has 0 bridgehead atoms. The molecular weight excluding hydrogens is 321 g/mol. The molecule has 0 atom stereocenters. The number of carbonyl (C=O) groups is 1. The fraction of sp³-hybridized carbons (Fsp3) is 0.176. The minimum absolute atomic E-state index is 0.0265.